The number of hydrogen-bond donors (Lipinski definition) is 0. The minimum atomic E-state index is -1.61. The summed E-state index contributed by atoms with van der Waals surface area (Å²) in [4.78, 5) is 12.2. The first-order chi connectivity index (χ1) is 14.5. The van der Waals surface area contributed by atoms with Gasteiger partial charge in [0.2, 0.25) is 0 Å². The van der Waals surface area contributed by atoms with Crippen LogP contribution in [0.3, 0.4) is 0 Å². The van der Waals surface area contributed by atoms with Gasteiger partial charge in [0.25, 0.3) is 0 Å². The Balaban J connectivity index is 1.63. The predicted molar refractivity (Wildman–Crippen MR) is 111 cm³/mol. The van der Waals surface area contributed by atoms with E-state index in [2.05, 4.69) is 19.1 Å². The second-order valence-electron chi connectivity index (χ2n) is 7.18. The zero-order valence-electron chi connectivity index (χ0n) is 16.8. The molecule has 3 rings (SSSR count). The zero-order chi connectivity index (χ0) is 21.5. The maximum Gasteiger partial charge on any atom is 0.343 e. The molecule has 3 aromatic carbocycles. The fourth-order valence-corrected chi connectivity index (χ4v) is 3.18. The number of halogens is 3. The molecular weight excluding hydrogens is 389 g/mol. The second-order valence-corrected chi connectivity index (χ2v) is 7.18. The third kappa shape index (κ3) is 5.50. The van der Waals surface area contributed by atoms with E-state index in [1.807, 2.05) is 12.1 Å². The number of benzene rings is 3. The van der Waals surface area contributed by atoms with Gasteiger partial charge in [-0.25, -0.2) is 18.0 Å². The van der Waals surface area contributed by atoms with Gasteiger partial charge >= 0.3 is 5.97 Å². The highest BCUT2D eigenvalue weighted by Crippen LogP contribution is 2.23. The first-order valence-corrected chi connectivity index (χ1v) is 10.0. The number of carbonyl (C=O) groups excluding carboxylic acids is 1. The van der Waals surface area contributed by atoms with Crippen LogP contribution in [0.4, 0.5) is 13.2 Å². The summed E-state index contributed by atoms with van der Waals surface area (Å²) < 4.78 is 44.5. The van der Waals surface area contributed by atoms with Gasteiger partial charge in [0.15, 0.2) is 17.5 Å². The van der Waals surface area contributed by atoms with Gasteiger partial charge in [-0.3, -0.25) is 0 Å². The number of aryl methyl sites for hydroxylation is 1. The number of ether oxygens (including phenoxy) is 1. The van der Waals surface area contributed by atoms with Crippen LogP contribution >= 0.6 is 0 Å². The van der Waals surface area contributed by atoms with Crippen LogP contribution in [0.15, 0.2) is 60.7 Å². The minimum Gasteiger partial charge on any atom is -0.423 e. The van der Waals surface area contributed by atoms with Crippen molar-refractivity contribution in [3.05, 3.63) is 89.2 Å². The molecule has 156 valence electrons. The Morgan fingerprint density at radius 1 is 0.800 bits per heavy atom. The number of rotatable bonds is 8. The topological polar surface area (TPSA) is 26.3 Å². The summed E-state index contributed by atoms with van der Waals surface area (Å²) in [5.74, 6) is -5.61. The Morgan fingerprint density at radius 2 is 1.37 bits per heavy atom. The van der Waals surface area contributed by atoms with Gasteiger partial charge in [-0.1, -0.05) is 62.6 Å². The largest absolute Gasteiger partial charge is 0.423 e. The van der Waals surface area contributed by atoms with E-state index in [1.165, 1.54) is 31.2 Å². The van der Waals surface area contributed by atoms with Crippen molar-refractivity contribution in [2.75, 3.05) is 0 Å². The van der Waals surface area contributed by atoms with Crippen molar-refractivity contribution >= 4 is 5.97 Å². The molecule has 0 aliphatic heterocycles. The van der Waals surface area contributed by atoms with E-state index in [4.69, 9.17) is 4.74 Å². The van der Waals surface area contributed by atoms with Crippen LogP contribution in [0.2, 0.25) is 0 Å². The van der Waals surface area contributed by atoms with Crippen LogP contribution in [0, 0.1) is 17.5 Å². The van der Waals surface area contributed by atoms with Crippen molar-refractivity contribution in [2.45, 2.75) is 39.0 Å². The van der Waals surface area contributed by atoms with Crippen molar-refractivity contribution in [2.24, 2.45) is 0 Å². The molecule has 0 radical (unpaired) electrons. The highest BCUT2D eigenvalue weighted by molar-refractivity contribution is 5.91. The van der Waals surface area contributed by atoms with Crippen LogP contribution in [-0.2, 0) is 6.42 Å². The first-order valence-electron chi connectivity index (χ1n) is 10.0. The summed E-state index contributed by atoms with van der Waals surface area (Å²) in [5.41, 5.74) is 3.48. The van der Waals surface area contributed by atoms with Crippen LogP contribution < -0.4 is 4.74 Å². The van der Waals surface area contributed by atoms with Crippen LogP contribution in [0.25, 0.3) is 11.1 Å². The molecule has 0 N–H and O–H groups in total. The maximum absolute atomic E-state index is 13.3. The Bertz CT molecular complexity index is 973. The number of esters is 1. The van der Waals surface area contributed by atoms with E-state index in [1.54, 1.807) is 24.3 Å². The van der Waals surface area contributed by atoms with E-state index in [9.17, 15) is 18.0 Å². The molecule has 0 spiro atoms. The molecule has 0 aromatic heterocycles. The van der Waals surface area contributed by atoms with E-state index in [0.29, 0.717) is 12.1 Å². The molecule has 0 aliphatic carbocycles. The van der Waals surface area contributed by atoms with E-state index < -0.39 is 29.2 Å². The van der Waals surface area contributed by atoms with Crippen molar-refractivity contribution in [3.8, 4) is 16.9 Å². The van der Waals surface area contributed by atoms with Gasteiger partial charge in [-0.15, -0.1) is 0 Å². The molecule has 0 saturated carbocycles. The lowest BCUT2D eigenvalue weighted by atomic mass is 10.0. The summed E-state index contributed by atoms with van der Waals surface area (Å²) in [6, 6.07) is 16.3. The van der Waals surface area contributed by atoms with Crippen LogP contribution in [-0.4, -0.2) is 5.97 Å². The lowest BCUT2D eigenvalue weighted by molar-refractivity contribution is 0.0733. The van der Waals surface area contributed by atoms with E-state index >= 15 is 0 Å². The van der Waals surface area contributed by atoms with Crippen LogP contribution in [0.5, 0.6) is 5.75 Å². The average molecular weight is 412 g/mol. The monoisotopic (exact) mass is 412 g/mol. The Kier molecular flexibility index (Phi) is 7.28. The molecule has 0 aliphatic rings. The lowest BCUT2D eigenvalue weighted by Crippen LogP contribution is -2.09. The second kappa shape index (κ2) is 10.1. The van der Waals surface area contributed by atoms with Gasteiger partial charge in [-0.2, -0.15) is 0 Å². The van der Waals surface area contributed by atoms with Crippen molar-refractivity contribution < 1.29 is 22.7 Å². The molecule has 5 heteroatoms. The first kappa shape index (κ1) is 21.6. The fraction of sp³-hybridized carbons (Fsp3) is 0.240. The summed E-state index contributed by atoms with van der Waals surface area (Å²) in [6.07, 6.45) is 5.98. The third-order valence-electron chi connectivity index (χ3n) is 4.89. The van der Waals surface area contributed by atoms with E-state index in [0.717, 1.165) is 17.5 Å². The Hall–Kier alpha value is -3.08. The molecule has 2 nitrogen and oxygen atoms in total. The lowest BCUT2D eigenvalue weighted by Gasteiger charge is -2.07. The summed E-state index contributed by atoms with van der Waals surface area (Å²) in [6.45, 7) is 2.20. The Morgan fingerprint density at radius 3 is 1.93 bits per heavy atom. The van der Waals surface area contributed by atoms with Gasteiger partial charge < -0.3 is 4.74 Å². The molecule has 0 atom stereocenters. The molecule has 0 bridgehead atoms. The number of hydrogen-bond acceptors (Lipinski definition) is 2. The molecule has 0 amide bonds. The molecule has 0 unspecified atom stereocenters. The van der Waals surface area contributed by atoms with Crippen molar-refractivity contribution in [3.63, 3.8) is 0 Å². The van der Waals surface area contributed by atoms with Crippen LogP contribution in [0.1, 0.15) is 48.5 Å². The highest BCUT2D eigenvalue weighted by Gasteiger charge is 2.15. The SMILES string of the molecule is CCCCCCc1ccc(-c2ccc(C(=O)Oc3cc(F)c(F)c(F)c3)cc2)cc1. The minimum absolute atomic E-state index is 0.219. The molecule has 0 heterocycles. The van der Waals surface area contributed by atoms with Gasteiger partial charge in [0.05, 0.1) is 5.56 Å². The quantitative estimate of drug-likeness (QED) is 0.170. The van der Waals surface area contributed by atoms with Gasteiger partial charge in [-0.05, 0) is 41.7 Å². The van der Waals surface area contributed by atoms with Gasteiger partial charge in [0, 0.05) is 12.1 Å². The number of carbonyl (C=O) groups is 1. The predicted octanol–water partition coefficient (Wildman–Crippen LogP) is 7.11. The Labute approximate surface area is 174 Å². The molecule has 0 fully saturated rings. The molecule has 30 heavy (non-hydrogen) atoms. The highest BCUT2D eigenvalue weighted by atomic mass is 19.2. The van der Waals surface area contributed by atoms with Gasteiger partial charge in [0.1, 0.15) is 5.75 Å². The molecular formula is C25H23F3O2. The summed E-state index contributed by atoms with van der Waals surface area (Å²) in [7, 11) is 0. The smallest absolute Gasteiger partial charge is 0.343 e. The maximum atomic E-state index is 13.3. The summed E-state index contributed by atoms with van der Waals surface area (Å²) in [5, 5.41) is 0. The number of unbranched alkanes of at least 4 members (excludes halogenated alkanes) is 3. The van der Waals surface area contributed by atoms with E-state index in [-0.39, 0.29) is 5.56 Å². The standard InChI is InChI=1S/C25H23F3O2/c1-2-3-4-5-6-17-7-9-18(10-8-17)19-11-13-20(14-12-19)25(29)30-21-15-22(26)24(28)23(27)16-21/h7-16H,2-6H2,1H3. The average Bonchev–Trinajstić information content (AvgIpc) is 2.75. The summed E-state index contributed by atoms with van der Waals surface area (Å²) >= 11 is 0. The normalized spacial score (nSPS) is 10.8. The third-order valence-corrected chi connectivity index (χ3v) is 4.89. The molecule has 3 aromatic rings. The zero-order valence-corrected chi connectivity index (χ0v) is 16.8. The fourth-order valence-electron chi connectivity index (χ4n) is 3.18. The van der Waals surface area contributed by atoms with Crippen molar-refractivity contribution in [1.82, 2.24) is 0 Å². The van der Waals surface area contributed by atoms with Crippen molar-refractivity contribution in [1.29, 1.82) is 0 Å². The molecule has 0 saturated heterocycles.